The van der Waals surface area contributed by atoms with Gasteiger partial charge in [-0.15, -0.1) is 0 Å². The van der Waals surface area contributed by atoms with Crippen LogP contribution in [0.5, 0.6) is 5.75 Å². The third-order valence-electron chi connectivity index (χ3n) is 3.90. The van der Waals surface area contributed by atoms with E-state index in [1.165, 1.54) is 16.8 Å². The van der Waals surface area contributed by atoms with E-state index >= 15 is 0 Å². The highest BCUT2D eigenvalue weighted by Gasteiger charge is 2.47. The lowest BCUT2D eigenvalue weighted by molar-refractivity contribution is -0.201. The monoisotopic (exact) mass is 316 g/mol. The number of hydrogen-bond acceptors (Lipinski definition) is 3. The average Bonchev–Trinajstić information content (AvgIpc) is 2.47. The largest absolute Gasteiger partial charge is 0.484 e. The first kappa shape index (κ1) is 16.6. The number of likely N-dealkylation sites (N-methyl/N-ethyl adjacent to an activating group) is 1. The lowest BCUT2D eigenvalue weighted by atomic mass is 10.1. The summed E-state index contributed by atoms with van der Waals surface area (Å²) < 4.78 is 44.4. The highest BCUT2D eigenvalue weighted by atomic mass is 19.4. The second-order valence-electron chi connectivity index (χ2n) is 5.47. The number of alkyl halides is 3. The van der Waals surface area contributed by atoms with Crippen LogP contribution in [0.25, 0.3) is 0 Å². The van der Waals surface area contributed by atoms with Crippen molar-refractivity contribution >= 4 is 5.91 Å². The Balaban J connectivity index is 1.97. The maximum absolute atomic E-state index is 13.0. The van der Waals surface area contributed by atoms with Crippen LogP contribution in [0, 0.1) is 0 Å². The third kappa shape index (κ3) is 3.91. The van der Waals surface area contributed by atoms with Crippen molar-refractivity contribution in [2.45, 2.75) is 25.2 Å². The summed E-state index contributed by atoms with van der Waals surface area (Å²) in [6, 6.07) is 6.72. The van der Waals surface area contributed by atoms with Gasteiger partial charge in [0.1, 0.15) is 11.8 Å². The quantitative estimate of drug-likeness (QED) is 0.857. The van der Waals surface area contributed by atoms with Crippen LogP contribution in [0.2, 0.25) is 0 Å². The third-order valence-corrected chi connectivity index (χ3v) is 3.90. The summed E-state index contributed by atoms with van der Waals surface area (Å²) >= 11 is 0. The van der Waals surface area contributed by atoms with Gasteiger partial charge in [0.25, 0.3) is 5.91 Å². The van der Waals surface area contributed by atoms with Crippen molar-refractivity contribution in [3.63, 3.8) is 0 Å². The van der Waals surface area contributed by atoms with Crippen LogP contribution >= 0.6 is 0 Å². The fourth-order valence-electron chi connectivity index (χ4n) is 2.46. The Morgan fingerprint density at radius 2 is 1.91 bits per heavy atom. The van der Waals surface area contributed by atoms with Crippen molar-refractivity contribution in [2.24, 2.45) is 0 Å². The normalized spacial score (nSPS) is 23.4. The van der Waals surface area contributed by atoms with E-state index in [-0.39, 0.29) is 25.7 Å². The van der Waals surface area contributed by atoms with Gasteiger partial charge >= 0.3 is 6.18 Å². The molecule has 1 aromatic carbocycles. The zero-order chi connectivity index (χ0) is 16.3. The summed E-state index contributed by atoms with van der Waals surface area (Å²) in [4.78, 5) is 14.6. The zero-order valence-corrected chi connectivity index (χ0v) is 12.5. The molecule has 1 aliphatic heterocycles. The molecule has 4 nitrogen and oxygen atoms in total. The maximum Gasteiger partial charge on any atom is 0.405 e. The number of carbonyl (C=O) groups excluding carboxylic acids is 1. The molecule has 2 unspecified atom stereocenters. The van der Waals surface area contributed by atoms with Gasteiger partial charge in [-0.05, 0) is 26.1 Å². The maximum atomic E-state index is 13.0. The lowest BCUT2D eigenvalue weighted by Crippen LogP contribution is -2.62. The van der Waals surface area contributed by atoms with Crippen LogP contribution in [0.1, 0.15) is 6.92 Å². The number of ether oxygens (including phenoxy) is 1. The Labute approximate surface area is 127 Å². The number of para-hydroxylation sites is 1. The molecule has 1 fully saturated rings. The van der Waals surface area contributed by atoms with E-state index in [1.54, 1.807) is 31.2 Å². The Morgan fingerprint density at radius 3 is 2.50 bits per heavy atom. The molecule has 1 heterocycles. The SMILES string of the molecule is CC1CN(C(=O)COc2ccccc2)CC(C(F)(F)F)N1C. The molecule has 122 valence electrons. The molecule has 0 radical (unpaired) electrons. The van der Waals surface area contributed by atoms with Crippen LogP contribution in [0.3, 0.4) is 0 Å². The van der Waals surface area contributed by atoms with Gasteiger partial charge in [0, 0.05) is 19.1 Å². The molecular formula is C15H19F3N2O2. The predicted octanol–water partition coefficient (Wildman–Crippen LogP) is 2.16. The van der Waals surface area contributed by atoms with Gasteiger partial charge in [0.2, 0.25) is 0 Å². The molecule has 0 aromatic heterocycles. The Bertz CT molecular complexity index is 507. The van der Waals surface area contributed by atoms with Crippen molar-refractivity contribution in [3.8, 4) is 5.75 Å². The number of halogens is 3. The minimum Gasteiger partial charge on any atom is -0.484 e. The first-order valence-corrected chi connectivity index (χ1v) is 7.03. The topological polar surface area (TPSA) is 32.8 Å². The van der Waals surface area contributed by atoms with Gasteiger partial charge in [-0.25, -0.2) is 0 Å². The van der Waals surface area contributed by atoms with Gasteiger partial charge in [-0.2, -0.15) is 13.2 Å². The molecule has 2 atom stereocenters. The van der Waals surface area contributed by atoms with Gasteiger partial charge < -0.3 is 9.64 Å². The molecule has 1 aromatic rings. The summed E-state index contributed by atoms with van der Waals surface area (Å²) in [6.45, 7) is 1.32. The summed E-state index contributed by atoms with van der Waals surface area (Å²) in [5.74, 6) is 0.0865. The molecule has 2 rings (SSSR count). The van der Waals surface area contributed by atoms with Crippen LogP contribution < -0.4 is 4.74 Å². The number of hydrogen-bond donors (Lipinski definition) is 0. The minimum absolute atomic E-state index is 0.259. The summed E-state index contributed by atoms with van der Waals surface area (Å²) in [6.07, 6.45) is -4.36. The predicted molar refractivity (Wildman–Crippen MR) is 75.6 cm³/mol. The summed E-state index contributed by atoms with van der Waals surface area (Å²) in [7, 11) is 1.44. The molecule has 0 spiro atoms. The average molecular weight is 316 g/mol. The molecule has 7 heteroatoms. The van der Waals surface area contributed by atoms with Gasteiger partial charge in [0.15, 0.2) is 6.61 Å². The number of piperazine rings is 1. The molecule has 1 amide bonds. The van der Waals surface area contributed by atoms with E-state index in [0.29, 0.717) is 5.75 Å². The lowest BCUT2D eigenvalue weighted by Gasteiger charge is -2.44. The summed E-state index contributed by atoms with van der Waals surface area (Å²) in [5, 5.41) is 0. The second kappa shape index (κ2) is 6.56. The van der Waals surface area contributed by atoms with Crippen LogP contribution in [0.15, 0.2) is 30.3 Å². The van der Waals surface area contributed by atoms with Crippen LogP contribution in [-0.4, -0.2) is 60.7 Å². The van der Waals surface area contributed by atoms with Crippen LogP contribution in [0.4, 0.5) is 13.2 Å². The molecule has 0 saturated carbocycles. The van der Waals surface area contributed by atoms with E-state index in [0.717, 1.165) is 0 Å². The van der Waals surface area contributed by atoms with Crippen molar-refractivity contribution in [1.29, 1.82) is 0 Å². The van der Waals surface area contributed by atoms with Crippen molar-refractivity contribution in [1.82, 2.24) is 9.80 Å². The number of benzene rings is 1. The van der Waals surface area contributed by atoms with Gasteiger partial charge in [0.05, 0.1) is 0 Å². The second-order valence-corrected chi connectivity index (χ2v) is 5.47. The Hall–Kier alpha value is -1.76. The number of carbonyl (C=O) groups is 1. The minimum atomic E-state index is -4.36. The van der Waals surface area contributed by atoms with E-state index in [9.17, 15) is 18.0 Å². The fourth-order valence-corrected chi connectivity index (χ4v) is 2.46. The highest BCUT2D eigenvalue weighted by Crippen LogP contribution is 2.29. The van der Waals surface area contributed by atoms with Crippen LogP contribution in [-0.2, 0) is 4.79 Å². The first-order valence-electron chi connectivity index (χ1n) is 7.03. The summed E-state index contributed by atoms with van der Waals surface area (Å²) in [5.41, 5.74) is 0. The Morgan fingerprint density at radius 1 is 1.27 bits per heavy atom. The van der Waals surface area contributed by atoms with Gasteiger partial charge in [-0.1, -0.05) is 18.2 Å². The fraction of sp³-hybridized carbons (Fsp3) is 0.533. The first-order chi connectivity index (χ1) is 10.3. The molecule has 0 bridgehead atoms. The molecule has 22 heavy (non-hydrogen) atoms. The smallest absolute Gasteiger partial charge is 0.405 e. The van der Waals surface area contributed by atoms with Gasteiger partial charge in [-0.3, -0.25) is 9.69 Å². The van der Waals surface area contributed by atoms with E-state index in [1.807, 2.05) is 6.07 Å². The zero-order valence-electron chi connectivity index (χ0n) is 12.5. The molecular weight excluding hydrogens is 297 g/mol. The number of rotatable bonds is 3. The molecule has 1 saturated heterocycles. The van der Waals surface area contributed by atoms with Crippen molar-refractivity contribution in [3.05, 3.63) is 30.3 Å². The molecule has 0 N–H and O–H groups in total. The number of nitrogens with zero attached hydrogens (tertiary/aromatic N) is 2. The van der Waals surface area contributed by atoms with Crippen molar-refractivity contribution in [2.75, 3.05) is 26.7 Å². The van der Waals surface area contributed by atoms with E-state index < -0.39 is 18.1 Å². The van der Waals surface area contributed by atoms with Crippen molar-refractivity contribution < 1.29 is 22.7 Å². The standard InChI is InChI=1S/C15H19F3N2O2/c1-11-8-20(9-13(19(11)2)15(16,17)18)14(21)10-22-12-6-4-3-5-7-12/h3-7,11,13H,8-10H2,1-2H3. The molecule has 0 aliphatic carbocycles. The molecule has 1 aliphatic rings. The van der Waals surface area contributed by atoms with E-state index in [2.05, 4.69) is 0 Å². The Kier molecular flexibility index (Phi) is 4.95. The highest BCUT2D eigenvalue weighted by molar-refractivity contribution is 5.78. The number of amides is 1. The van der Waals surface area contributed by atoms with E-state index in [4.69, 9.17) is 4.74 Å².